The molecule has 3 rings (SSSR count). The van der Waals surface area contributed by atoms with E-state index in [-0.39, 0.29) is 4.43 Å². The predicted octanol–water partition coefficient (Wildman–Crippen LogP) is -0.643. The first-order chi connectivity index (χ1) is 8.54. The molecule has 0 aromatic heterocycles. The highest BCUT2D eigenvalue weighted by molar-refractivity contribution is 14.1. The molecule has 3 fully saturated rings. The molecule has 6 atom stereocenters. The molecule has 2 bridgehead atoms. The fraction of sp³-hybridized carbons (Fsp3) is 0.700. The zero-order valence-electron chi connectivity index (χ0n) is 8.95. The minimum absolute atomic E-state index is 0.146. The summed E-state index contributed by atoms with van der Waals surface area (Å²) < 4.78 is 15.8. The first kappa shape index (κ1) is 12.2. The number of ether oxygens (including phenoxy) is 3. The van der Waals surface area contributed by atoms with Gasteiger partial charge in [0.05, 0.1) is 4.43 Å². The minimum atomic E-state index is -1.12. The Hall–Kier alpha value is -0.900. The molecular formula is C10H9IO7. The number of alkyl halides is 1. The molecule has 3 heterocycles. The molecule has 6 unspecified atom stereocenters. The number of rotatable bonds is 3. The van der Waals surface area contributed by atoms with Crippen molar-refractivity contribution in [1.82, 2.24) is 0 Å². The number of hydrogen-bond acceptors (Lipinski definition) is 6. The van der Waals surface area contributed by atoms with Crippen molar-refractivity contribution in [2.45, 2.75) is 24.4 Å². The molecule has 3 aliphatic rings. The van der Waals surface area contributed by atoms with Gasteiger partial charge in [-0.15, -0.1) is 0 Å². The second-order valence-corrected chi connectivity index (χ2v) is 5.21. The van der Waals surface area contributed by atoms with E-state index in [4.69, 9.17) is 19.3 Å². The number of esters is 2. The van der Waals surface area contributed by atoms with Crippen molar-refractivity contribution < 1.29 is 33.7 Å². The predicted molar refractivity (Wildman–Crippen MR) is 61.9 cm³/mol. The molecule has 0 radical (unpaired) electrons. The lowest BCUT2D eigenvalue weighted by Crippen LogP contribution is -2.47. The van der Waals surface area contributed by atoms with E-state index < -0.39 is 54.2 Å². The minimum Gasteiger partial charge on any atom is -0.481 e. The van der Waals surface area contributed by atoms with Gasteiger partial charge in [0.2, 0.25) is 0 Å². The van der Waals surface area contributed by atoms with E-state index in [2.05, 4.69) is 0 Å². The average molecular weight is 368 g/mol. The summed E-state index contributed by atoms with van der Waals surface area (Å²) in [5.74, 6) is -3.94. The average Bonchev–Trinajstić information content (AvgIpc) is 2.91. The van der Waals surface area contributed by atoms with Crippen LogP contribution in [0.3, 0.4) is 0 Å². The topological polar surface area (TPSA) is 99.1 Å². The van der Waals surface area contributed by atoms with Gasteiger partial charge in [0.25, 0.3) is 0 Å². The van der Waals surface area contributed by atoms with Crippen LogP contribution in [0, 0.1) is 11.8 Å². The lowest BCUT2D eigenvalue weighted by atomic mass is 9.78. The Balaban J connectivity index is 1.89. The first-order valence-electron chi connectivity index (χ1n) is 5.39. The Morgan fingerprint density at radius 1 is 1.33 bits per heavy atom. The third-order valence-corrected chi connectivity index (χ3v) is 4.19. The normalized spacial score (nSPS) is 43.9. The Morgan fingerprint density at radius 2 is 2.06 bits per heavy atom. The van der Waals surface area contributed by atoms with Gasteiger partial charge in [-0.1, -0.05) is 22.6 Å². The Morgan fingerprint density at radius 3 is 2.67 bits per heavy atom. The number of carbonyl (C=O) groups excluding carboxylic acids is 2. The van der Waals surface area contributed by atoms with Crippen LogP contribution in [0.5, 0.6) is 0 Å². The number of carboxylic acids is 1. The van der Waals surface area contributed by atoms with Crippen LogP contribution in [0.25, 0.3) is 0 Å². The van der Waals surface area contributed by atoms with Gasteiger partial charge in [0, 0.05) is 0 Å². The summed E-state index contributed by atoms with van der Waals surface area (Å²) >= 11 is 1.84. The SMILES string of the molecule is O=C(CI)OC1C2OC(=O)C3C2OC1C3C(=O)O. The third-order valence-electron chi connectivity index (χ3n) is 3.57. The maximum Gasteiger partial charge on any atom is 0.316 e. The zero-order chi connectivity index (χ0) is 13.0. The summed E-state index contributed by atoms with van der Waals surface area (Å²) in [5, 5.41) is 9.15. The maximum atomic E-state index is 11.6. The molecule has 3 aliphatic heterocycles. The van der Waals surface area contributed by atoms with Gasteiger partial charge in [-0.2, -0.15) is 0 Å². The molecule has 0 saturated carbocycles. The van der Waals surface area contributed by atoms with Crippen molar-refractivity contribution in [2.24, 2.45) is 11.8 Å². The summed E-state index contributed by atoms with van der Waals surface area (Å²) in [6, 6.07) is 0. The fourth-order valence-corrected chi connectivity index (χ4v) is 3.12. The van der Waals surface area contributed by atoms with Crippen LogP contribution in [0.4, 0.5) is 0 Å². The van der Waals surface area contributed by atoms with Crippen LogP contribution in [0.2, 0.25) is 0 Å². The van der Waals surface area contributed by atoms with Crippen molar-refractivity contribution in [3.05, 3.63) is 0 Å². The second kappa shape index (κ2) is 4.05. The van der Waals surface area contributed by atoms with Crippen LogP contribution in [-0.2, 0) is 28.6 Å². The highest BCUT2D eigenvalue weighted by Gasteiger charge is 2.71. The largest absolute Gasteiger partial charge is 0.481 e. The van der Waals surface area contributed by atoms with Gasteiger partial charge < -0.3 is 19.3 Å². The molecule has 1 N–H and O–H groups in total. The highest BCUT2D eigenvalue weighted by atomic mass is 127. The van der Waals surface area contributed by atoms with E-state index >= 15 is 0 Å². The van der Waals surface area contributed by atoms with Gasteiger partial charge in [0.15, 0.2) is 12.2 Å². The number of carboxylic acid groups (broad SMARTS) is 1. The summed E-state index contributed by atoms with van der Waals surface area (Å²) in [7, 11) is 0. The molecule has 98 valence electrons. The van der Waals surface area contributed by atoms with Gasteiger partial charge in [-0.25, -0.2) is 0 Å². The van der Waals surface area contributed by atoms with Crippen molar-refractivity contribution >= 4 is 40.5 Å². The number of hydrogen-bond donors (Lipinski definition) is 1. The Labute approximate surface area is 115 Å². The van der Waals surface area contributed by atoms with E-state index in [1.807, 2.05) is 22.6 Å². The highest BCUT2D eigenvalue weighted by Crippen LogP contribution is 2.51. The van der Waals surface area contributed by atoms with E-state index in [0.717, 1.165) is 0 Å². The molecule has 3 saturated heterocycles. The van der Waals surface area contributed by atoms with E-state index in [9.17, 15) is 14.4 Å². The van der Waals surface area contributed by atoms with Gasteiger partial charge in [-0.3, -0.25) is 14.4 Å². The smallest absolute Gasteiger partial charge is 0.316 e. The third kappa shape index (κ3) is 1.48. The summed E-state index contributed by atoms with van der Waals surface area (Å²) in [4.78, 5) is 34.1. The van der Waals surface area contributed by atoms with Crippen LogP contribution in [0.15, 0.2) is 0 Å². The van der Waals surface area contributed by atoms with Gasteiger partial charge >= 0.3 is 17.9 Å². The molecule has 0 aliphatic carbocycles. The lowest BCUT2D eigenvalue weighted by molar-refractivity contribution is -0.159. The zero-order valence-corrected chi connectivity index (χ0v) is 11.1. The lowest BCUT2D eigenvalue weighted by Gasteiger charge is -2.25. The van der Waals surface area contributed by atoms with E-state index in [1.54, 1.807) is 0 Å². The second-order valence-electron chi connectivity index (χ2n) is 4.44. The number of aliphatic carboxylic acids is 1. The van der Waals surface area contributed by atoms with Crippen LogP contribution >= 0.6 is 22.6 Å². The van der Waals surface area contributed by atoms with Crippen LogP contribution in [-0.4, -0.2) is 51.9 Å². The number of carbonyl (C=O) groups is 3. The molecule has 0 amide bonds. The maximum absolute atomic E-state index is 11.6. The van der Waals surface area contributed by atoms with E-state index in [0.29, 0.717) is 0 Å². The number of fused-ring (bicyclic) bond motifs is 1. The molecule has 18 heavy (non-hydrogen) atoms. The van der Waals surface area contributed by atoms with E-state index in [1.165, 1.54) is 0 Å². The molecule has 0 aromatic carbocycles. The fourth-order valence-electron chi connectivity index (χ4n) is 2.94. The molecule has 8 heteroatoms. The molecule has 7 nitrogen and oxygen atoms in total. The Bertz CT molecular complexity index is 436. The number of halogens is 1. The quantitative estimate of drug-likeness (QED) is 0.402. The van der Waals surface area contributed by atoms with Crippen molar-refractivity contribution in [2.75, 3.05) is 4.43 Å². The van der Waals surface area contributed by atoms with Gasteiger partial charge in [-0.05, 0) is 0 Å². The molecular weight excluding hydrogens is 359 g/mol. The molecule has 0 aromatic rings. The van der Waals surface area contributed by atoms with Crippen LogP contribution < -0.4 is 0 Å². The van der Waals surface area contributed by atoms with Crippen molar-refractivity contribution in [3.8, 4) is 0 Å². The van der Waals surface area contributed by atoms with Gasteiger partial charge in [0.1, 0.15) is 24.0 Å². The summed E-state index contributed by atoms with van der Waals surface area (Å²) in [6.45, 7) is 0. The van der Waals surface area contributed by atoms with Crippen molar-refractivity contribution in [1.29, 1.82) is 0 Å². The monoisotopic (exact) mass is 368 g/mol. The van der Waals surface area contributed by atoms with Crippen LogP contribution in [0.1, 0.15) is 0 Å². The Kier molecular flexibility index (Phi) is 2.73. The molecule has 0 spiro atoms. The standard InChI is InChI=1S/C10H9IO7/c11-1-2(12)16-7-5-3(9(13)14)4-6(17-5)8(7)18-10(4)15/h3-8H,1H2,(H,13,14). The summed E-state index contributed by atoms with van der Waals surface area (Å²) in [6.07, 6.45) is -2.85. The van der Waals surface area contributed by atoms with Crippen molar-refractivity contribution in [3.63, 3.8) is 0 Å². The first-order valence-corrected chi connectivity index (χ1v) is 6.91. The summed E-state index contributed by atoms with van der Waals surface area (Å²) in [5.41, 5.74) is 0.